The summed E-state index contributed by atoms with van der Waals surface area (Å²) in [4.78, 5) is 26.7. The molecule has 2 amide bonds. The van der Waals surface area contributed by atoms with Crippen molar-refractivity contribution in [3.8, 4) is 11.5 Å². The van der Waals surface area contributed by atoms with Crippen molar-refractivity contribution < 1.29 is 19.1 Å². The second kappa shape index (κ2) is 7.88. The molecule has 0 bridgehead atoms. The highest BCUT2D eigenvalue weighted by Crippen LogP contribution is 2.37. The lowest BCUT2D eigenvalue weighted by molar-refractivity contribution is -0.122. The molecule has 1 saturated heterocycles. The van der Waals surface area contributed by atoms with E-state index in [0.29, 0.717) is 27.9 Å². The topological polar surface area (TPSA) is 67.9 Å². The second-order valence-electron chi connectivity index (χ2n) is 6.40. The summed E-state index contributed by atoms with van der Waals surface area (Å²) >= 11 is 6.14. The van der Waals surface area contributed by atoms with Gasteiger partial charge in [-0.1, -0.05) is 11.6 Å². The summed E-state index contributed by atoms with van der Waals surface area (Å²) in [6.45, 7) is 2.15. The maximum Gasteiger partial charge on any atom is 0.229 e. The number of rotatable bonds is 5. The van der Waals surface area contributed by atoms with Crippen LogP contribution in [0.2, 0.25) is 5.02 Å². The minimum atomic E-state index is -0.444. The number of benzene rings is 2. The van der Waals surface area contributed by atoms with Gasteiger partial charge in [0, 0.05) is 29.7 Å². The Balaban J connectivity index is 1.75. The van der Waals surface area contributed by atoms with Crippen LogP contribution in [-0.4, -0.2) is 32.6 Å². The number of carbonyl (C=O) groups is 2. The van der Waals surface area contributed by atoms with E-state index in [2.05, 4.69) is 5.32 Å². The Labute approximate surface area is 163 Å². The van der Waals surface area contributed by atoms with Crippen LogP contribution in [0, 0.1) is 12.8 Å². The van der Waals surface area contributed by atoms with Crippen molar-refractivity contribution in [3.05, 3.63) is 47.0 Å². The molecule has 2 aromatic rings. The number of anilines is 2. The van der Waals surface area contributed by atoms with E-state index in [1.807, 2.05) is 13.0 Å². The lowest BCUT2D eigenvalue weighted by Crippen LogP contribution is -2.28. The molecule has 1 aliphatic rings. The molecule has 7 heteroatoms. The molecular weight excluding hydrogens is 368 g/mol. The van der Waals surface area contributed by atoms with E-state index in [1.54, 1.807) is 42.3 Å². The molecule has 6 nitrogen and oxygen atoms in total. The van der Waals surface area contributed by atoms with Crippen molar-refractivity contribution in [3.63, 3.8) is 0 Å². The predicted molar refractivity (Wildman–Crippen MR) is 105 cm³/mol. The number of nitrogens with one attached hydrogen (secondary N) is 1. The number of amides is 2. The molecule has 27 heavy (non-hydrogen) atoms. The van der Waals surface area contributed by atoms with Crippen LogP contribution >= 0.6 is 11.6 Å². The fourth-order valence-electron chi connectivity index (χ4n) is 3.06. The maximum absolute atomic E-state index is 12.6. The largest absolute Gasteiger partial charge is 0.497 e. The van der Waals surface area contributed by atoms with Crippen molar-refractivity contribution in [2.24, 2.45) is 5.92 Å². The van der Waals surface area contributed by atoms with Gasteiger partial charge >= 0.3 is 0 Å². The summed E-state index contributed by atoms with van der Waals surface area (Å²) in [5.74, 6) is 0.460. The minimum Gasteiger partial charge on any atom is -0.497 e. The summed E-state index contributed by atoms with van der Waals surface area (Å²) in [6, 6.07) is 10.5. The molecule has 1 N–H and O–H groups in total. The smallest absolute Gasteiger partial charge is 0.229 e. The van der Waals surface area contributed by atoms with Gasteiger partial charge in [0.15, 0.2) is 0 Å². The van der Waals surface area contributed by atoms with Gasteiger partial charge in [0.1, 0.15) is 11.5 Å². The fraction of sp³-hybridized carbons (Fsp3) is 0.300. The monoisotopic (exact) mass is 388 g/mol. The minimum absolute atomic E-state index is 0.120. The zero-order valence-electron chi connectivity index (χ0n) is 15.4. The van der Waals surface area contributed by atoms with E-state index in [-0.39, 0.29) is 24.8 Å². The first-order chi connectivity index (χ1) is 12.9. The first kappa shape index (κ1) is 19.0. The number of hydrogen-bond donors (Lipinski definition) is 1. The van der Waals surface area contributed by atoms with Gasteiger partial charge in [-0.2, -0.15) is 0 Å². The van der Waals surface area contributed by atoms with Gasteiger partial charge in [-0.15, -0.1) is 0 Å². The number of nitrogens with zero attached hydrogens (tertiary/aromatic N) is 1. The average molecular weight is 389 g/mol. The highest BCUT2D eigenvalue weighted by molar-refractivity contribution is 6.31. The zero-order valence-corrected chi connectivity index (χ0v) is 16.2. The van der Waals surface area contributed by atoms with E-state index in [1.165, 1.54) is 7.11 Å². The van der Waals surface area contributed by atoms with E-state index in [9.17, 15) is 9.59 Å². The summed E-state index contributed by atoms with van der Waals surface area (Å²) in [6.07, 6.45) is 0.146. The molecule has 2 aromatic carbocycles. The van der Waals surface area contributed by atoms with Gasteiger partial charge in [-0.05, 0) is 42.8 Å². The van der Waals surface area contributed by atoms with Crippen LogP contribution in [0.3, 0.4) is 0 Å². The Morgan fingerprint density at radius 1 is 1.19 bits per heavy atom. The maximum atomic E-state index is 12.6. The van der Waals surface area contributed by atoms with Gasteiger partial charge in [-0.25, -0.2) is 0 Å². The molecule has 0 radical (unpaired) electrons. The van der Waals surface area contributed by atoms with Crippen LogP contribution in [0.4, 0.5) is 11.4 Å². The van der Waals surface area contributed by atoms with Gasteiger partial charge in [0.25, 0.3) is 0 Å². The zero-order chi connectivity index (χ0) is 19.6. The SMILES string of the molecule is COc1ccc(NC(=O)C2CC(=O)N(c3cc(C)c(Cl)cc3OC)C2)cc1. The quantitative estimate of drug-likeness (QED) is 0.848. The van der Waals surface area contributed by atoms with Crippen LogP contribution in [0.5, 0.6) is 11.5 Å². The van der Waals surface area contributed by atoms with Gasteiger partial charge in [-0.3, -0.25) is 9.59 Å². The van der Waals surface area contributed by atoms with E-state index < -0.39 is 5.92 Å². The molecule has 1 aliphatic heterocycles. The van der Waals surface area contributed by atoms with Crippen molar-refractivity contribution >= 4 is 34.8 Å². The summed E-state index contributed by atoms with van der Waals surface area (Å²) < 4.78 is 10.5. The van der Waals surface area contributed by atoms with E-state index >= 15 is 0 Å². The van der Waals surface area contributed by atoms with Crippen molar-refractivity contribution in [2.75, 3.05) is 31.0 Å². The average Bonchev–Trinajstić information content (AvgIpc) is 3.06. The molecular formula is C20H21ClN2O4. The van der Waals surface area contributed by atoms with Crippen molar-refractivity contribution in [1.82, 2.24) is 0 Å². The van der Waals surface area contributed by atoms with Crippen LogP contribution < -0.4 is 19.7 Å². The Hall–Kier alpha value is -2.73. The number of methoxy groups -OCH3 is 2. The third-order valence-electron chi connectivity index (χ3n) is 4.60. The van der Waals surface area contributed by atoms with Gasteiger partial charge in [0.05, 0.1) is 25.8 Å². The molecule has 1 unspecified atom stereocenters. The van der Waals surface area contributed by atoms with Crippen LogP contribution in [-0.2, 0) is 9.59 Å². The summed E-state index contributed by atoms with van der Waals surface area (Å²) in [7, 11) is 3.11. The Bertz CT molecular complexity index is 867. The third-order valence-corrected chi connectivity index (χ3v) is 5.01. The summed E-state index contributed by atoms with van der Waals surface area (Å²) in [5, 5.41) is 3.42. The second-order valence-corrected chi connectivity index (χ2v) is 6.80. The third kappa shape index (κ3) is 4.01. The molecule has 1 atom stereocenters. The van der Waals surface area contributed by atoms with E-state index in [4.69, 9.17) is 21.1 Å². The molecule has 3 rings (SSSR count). The van der Waals surface area contributed by atoms with E-state index in [0.717, 1.165) is 5.56 Å². The lowest BCUT2D eigenvalue weighted by atomic mass is 10.1. The fourth-order valence-corrected chi connectivity index (χ4v) is 3.21. The van der Waals surface area contributed by atoms with Gasteiger partial charge < -0.3 is 19.7 Å². The highest BCUT2D eigenvalue weighted by atomic mass is 35.5. The normalized spacial score (nSPS) is 16.4. The Morgan fingerprint density at radius 3 is 2.52 bits per heavy atom. The lowest BCUT2D eigenvalue weighted by Gasteiger charge is -2.20. The Morgan fingerprint density at radius 2 is 1.89 bits per heavy atom. The molecule has 0 spiro atoms. The number of halogens is 1. The number of hydrogen-bond acceptors (Lipinski definition) is 4. The van der Waals surface area contributed by atoms with Crippen molar-refractivity contribution in [1.29, 1.82) is 0 Å². The molecule has 1 fully saturated rings. The van der Waals surface area contributed by atoms with Crippen molar-refractivity contribution in [2.45, 2.75) is 13.3 Å². The number of ether oxygens (including phenoxy) is 2. The molecule has 0 aliphatic carbocycles. The molecule has 0 aromatic heterocycles. The standard InChI is InChI=1S/C20H21ClN2O4/c1-12-8-17(18(27-3)10-16(12)21)23-11-13(9-19(23)24)20(25)22-14-4-6-15(26-2)7-5-14/h4-8,10,13H,9,11H2,1-3H3,(H,22,25). The van der Waals surface area contributed by atoms with Gasteiger partial charge in [0.2, 0.25) is 11.8 Å². The number of carbonyl (C=O) groups excluding carboxylic acids is 2. The molecule has 142 valence electrons. The first-order valence-electron chi connectivity index (χ1n) is 8.52. The van der Waals surface area contributed by atoms with Crippen LogP contribution in [0.15, 0.2) is 36.4 Å². The van der Waals surface area contributed by atoms with Crippen LogP contribution in [0.1, 0.15) is 12.0 Å². The highest BCUT2D eigenvalue weighted by Gasteiger charge is 2.36. The number of aryl methyl sites for hydroxylation is 1. The predicted octanol–water partition coefficient (Wildman–Crippen LogP) is 3.66. The molecule has 1 heterocycles. The summed E-state index contributed by atoms with van der Waals surface area (Å²) in [5.41, 5.74) is 2.13. The van der Waals surface area contributed by atoms with Crippen LogP contribution in [0.25, 0.3) is 0 Å². The Kier molecular flexibility index (Phi) is 5.56. The molecule has 0 saturated carbocycles. The first-order valence-corrected chi connectivity index (χ1v) is 8.90.